The van der Waals surface area contributed by atoms with Crippen molar-refractivity contribution < 1.29 is 19.0 Å². The summed E-state index contributed by atoms with van der Waals surface area (Å²) in [5.41, 5.74) is 1.77. The minimum absolute atomic E-state index is 0.290. The van der Waals surface area contributed by atoms with Crippen LogP contribution >= 0.6 is 0 Å². The number of anilines is 2. The summed E-state index contributed by atoms with van der Waals surface area (Å²) in [5, 5.41) is 5.98. The molecule has 0 bridgehead atoms. The second-order valence-electron chi connectivity index (χ2n) is 5.16. The predicted octanol–water partition coefficient (Wildman–Crippen LogP) is 2.16. The summed E-state index contributed by atoms with van der Waals surface area (Å²) < 4.78 is 16.0. The minimum atomic E-state index is -0.290. The summed E-state index contributed by atoms with van der Waals surface area (Å²) in [6.45, 7) is 2.28. The van der Waals surface area contributed by atoms with E-state index in [0.29, 0.717) is 49.2 Å². The predicted molar refractivity (Wildman–Crippen MR) is 90.0 cm³/mol. The summed E-state index contributed by atoms with van der Waals surface area (Å²) in [4.78, 5) is 16.5. The molecular formula is C17H19N3O4. The lowest BCUT2D eigenvalue weighted by Crippen LogP contribution is -2.17. The molecule has 2 N–H and O–H groups in total. The number of rotatable bonds is 6. The van der Waals surface area contributed by atoms with Gasteiger partial charge in [0.2, 0.25) is 0 Å². The summed E-state index contributed by atoms with van der Waals surface area (Å²) in [6.07, 6.45) is 1.59. The molecule has 3 rings (SSSR count). The van der Waals surface area contributed by atoms with Crippen molar-refractivity contribution in [2.75, 3.05) is 44.1 Å². The summed E-state index contributed by atoms with van der Waals surface area (Å²) in [5.74, 6) is 1.02. The van der Waals surface area contributed by atoms with E-state index in [4.69, 9.17) is 14.2 Å². The Hall–Kier alpha value is -2.80. The van der Waals surface area contributed by atoms with Crippen LogP contribution in [0.2, 0.25) is 0 Å². The van der Waals surface area contributed by atoms with Gasteiger partial charge < -0.3 is 24.8 Å². The maximum Gasteiger partial charge on any atom is 0.274 e. The van der Waals surface area contributed by atoms with Crippen LogP contribution in [0.15, 0.2) is 36.5 Å². The monoisotopic (exact) mass is 329 g/mol. The second kappa shape index (κ2) is 7.65. The molecule has 2 heterocycles. The van der Waals surface area contributed by atoms with Crippen LogP contribution in [0.3, 0.4) is 0 Å². The van der Waals surface area contributed by atoms with Gasteiger partial charge in [-0.15, -0.1) is 0 Å². The van der Waals surface area contributed by atoms with E-state index in [0.717, 1.165) is 5.69 Å². The van der Waals surface area contributed by atoms with Gasteiger partial charge >= 0.3 is 0 Å². The van der Waals surface area contributed by atoms with E-state index in [1.807, 2.05) is 0 Å². The average molecular weight is 329 g/mol. The topological polar surface area (TPSA) is 81.7 Å². The van der Waals surface area contributed by atoms with Crippen molar-refractivity contribution in [3.63, 3.8) is 0 Å². The molecule has 1 aliphatic rings. The van der Waals surface area contributed by atoms with Gasteiger partial charge in [-0.1, -0.05) is 0 Å². The molecular weight excluding hydrogens is 310 g/mol. The molecule has 0 atom stereocenters. The molecule has 7 nitrogen and oxygen atoms in total. The Morgan fingerprint density at radius 3 is 2.83 bits per heavy atom. The van der Waals surface area contributed by atoms with Crippen LogP contribution in [0.1, 0.15) is 10.5 Å². The fraction of sp³-hybridized carbons (Fsp3) is 0.294. The molecule has 0 saturated heterocycles. The van der Waals surface area contributed by atoms with E-state index in [1.165, 1.54) is 0 Å². The summed E-state index contributed by atoms with van der Waals surface area (Å²) >= 11 is 0. The summed E-state index contributed by atoms with van der Waals surface area (Å²) in [6, 6.07) is 8.79. The molecule has 7 heteroatoms. The second-order valence-corrected chi connectivity index (χ2v) is 5.16. The van der Waals surface area contributed by atoms with Crippen LogP contribution in [0, 0.1) is 0 Å². The zero-order chi connectivity index (χ0) is 16.8. The smallest absolute Gasteiger partial charge is 0.274 e. The molecule has 0 saturated carbocycles. The number of aromatic nitrogens is 1. The van der Waals surface area contributed by atoms with Crippen molar-refractivity contribution >= 4 is 17.3 Å². The van der Waals surface area contributed by atoms with Crippen molar-refractivity contribution in [3.8, 4) is 11.5 Å². The first-order chi connectivity index (χ1) is 11.8. The fourth-order valence-corrected chi connectivity index (χ4v) is 2.28. The average Bonchev–Trinajstić information content (AvgIpc) is 2.62. The highest BCUT2D eigenvalue weighted by molar-refractivity contribution is 6.03. The molecule has 0 spiro atoms. The van der Waals surface area contributed by atoms with E-state index in [1.54, 1.807) is 43.6 Å². The largest absolute Gasteiger partial charge is 0.486 e. The maximum atomic E-state index is 12.4. The zero-order valence-corrected chi connectivity index (χ0v) is 13.4. The number of methoxy groups -OCH3 is 1. The fourth-order valence-electron chi connectivity index (χ4n) is 2.28. The van der Waals surface area contributed by atoms with Gasteiger partial charge in [-0.25, -0.2) is 0 Å². The van der Waals surface area contributed by atoms with E-state index in [2.05, 4.69) is 15.6 Å². The molecule has 1 aromatic heterocycles. The molecule has 1 aliphatic heterocycles. The number of hydrogen-bond acceptors (Lipinski definition) is 6. The van der Waals surface area contributed by atoms with Crippen LogP contribution in [-0.4, -0.2) is 44.4 Å². The lowest BCUT2D eigenvalue weighted by molar-refractivity contribution is 0.102. The molecule has 0 aliphatic carbocycles. The molecule has 126 valence electrons. The number of benzene rings is 1. The number of carbonyl (C=O) groups excluding carboxylic acids is 1. The highest BCUT2D eigenvalue weighted by atomic mass is 16.6. The Balaban J connectivity index is 1.67. The molecule has 0 radical (unpaired) electrons. The summed E-state index contributed by atoms with van der Waals surface area (Å²) in [7, 11) is 1.64. The highest BCUT2D eigenvalue weighted by Gasteiger charge is 2.14. The molecule has 1 amide bonds. The van der Waals surface area contributed by atoms with Crippen molar-refractivity contribution in [2.24, 2.45) is 0 Å². The highest BCUT2D eigenvalue weighted by Crippen LogP contribution is 2.32. The lowest BCUT2D eigenvalue weighted by Gasteiger charge is -2.19. The van der Waals surface area contributed by atoms with Gasteiger partial charge in [0.25, 0.3) is 5.91 Å². The van der Waals surface area contributed by atoms with Gasteiger partial charge in [0.1, 0.15) is 18.9 Å². The van der Waals surface area contributed by atoms with E-state index < -0.39 is 0 Å². The van der Waals surface area contributed by atoms with Crippen LogP contribution in [0.4, 0.5) is 11.4 Å². The molecule has 2 aromatic rings. The Morgan fingerprint density at radius 2 is 2.00 bits per heavy atom. The van der Waals surface area contributed by atoms with Gasteiger partial charge in [-0.3, -0.25) is 9.78 Å². The molecule has 0 unspecified atom stereocenters. The Bertz CT molecular complexity index is 721. The van der Waals surface area contributed by atoms with Crippen molar-refractivity contribution in [1.29, 1.82) is 0 Å². The van der Waals surface area contributed by atoms with Crippen molar-refractivity contribution in [1.82, 2.24) is 4.98 Å². The van der Waals surface area contributed by atoms with E-state index >= 15 is 0 Å². The number of hydrogen-bond donors (Lipinski definition) is 2. The Kier molecular flexibility index (Phi) is 5.12. The van der Waals surface area contributed by atoms with Crippen molar-refractivity contribution in [3.05, 3.63) is 42.2 Å². The molecule has 0 fully saturated rings. The van der Waals surface area contributed by atoms with Crippen LogP contribution < -0.4 is 20.1 Å². The Morgan fingerprint density at radius 1 is 1.17 bits per heavy atom. The van der Waals surface area contributed by atoms with E-state index in [9.17, 15) is 4.79 Å². The van der Waals surface area contributed by atoms with E-state index in [-0.39, 0.29) is 5.91 Å². The van der Waals surface area contributed by atoms with Gasteiger partial charge in [0, 0.05) is 37.3 Å². The normalized spacial score (nSPS) is 12.5. The van der Waals surface area contributed by atoms with Crippen molar-refractivity contribution in [2.45, 2.75) is 0 Å². The first-order valence-corrected chi connectivity index (χ1v) is 7.66. The number of pyridine rings is 1. The number of amides is 1. The zero-order valence-electron chi connectivity index (χ0n) is 13.4. The number of fused-ring (bicyclic) bond motifs is 1. The number of ether oxygens (including phenoxy) is 3. The van der Waals surface area contributed by atoms with Gasteiger partial charge in [-0.05, 0) is 24.3 Å². The molecule has 24 heavy (non-hydrogen) atoms. The van der Waals surface area contributed by atoms with Crippen LogP contribution in [0.5, 0.6) is 11.5 Å². The molecule has 1 aromatic carbocycles. The SMILES string of the molecule is COCCNc1ccnc(C(=O)Nc2ccc3c(c2)OCCO3)c1. The van der Waals surface area contributed by atoms with Gasteiger partial charge in [0.15, 0.2) is 11.5 Å². The van der Waals surface area contributed by atoms with Crippen LogP contribution in [-0.2, 0) is 4.74 Å². The third kappa shape index (κ3) is 3.94. The number of nitrogens with zero attached hydrogens (tertiary/aromatic N) is 1. The number of nitrogens with one attached hydrogen (secondary N) is 2. The lowest BCUT2D eigenvalue weighted by atomic mass is 10.2. The number of carbonyl (C=O) groups is 1. The Labute approximate surface area is 139 Å². The maximum absolute atomic E-state index is 12.4. The first kappa shape index (κ1) is 16.1. The van der Waals surface area contributed by atoms with Gasteiger partial charge in [-0.2, -0.15) is 0 Å². The first-order valence-electron chi connectivity index (χ1n) is 7.66. The van der Waals surface area contributed by atoms with Gasteiger partial charge in [0.05, 0.1) is 6.61 Å². The minimum Gasteiger partial charge on any atom is -0.486 e. The van der Waals surface area contributed by atoms with Crippen LogP contribution in [0.25, 0.3) is 0 Å². The third-order valence-electron chi connectivity index (χ3n) is 3.43. The standard InChI is InChI=1S/C17H19N3O4/c1-22-7-6-18-12-4-5-19-14(10-12)17(21)20-13-2-3-15-16(11-13)24-9-8-23-15/h2-5,10-11H,6-9H2,1H3,(H,18,19)(H,20,21). The third-order valence-corrected chi connectivity index (χ3v) is 3.43. The quantitative estimate of drug-likeness (QED) is 0.791.